The first-order chi connectivity index (χ1) is 10.7. The number of benzene rings is 2. The molecule has 120 valence electrons. The maximum atomic E-state index is 12.8. The zero-order valence-corrected chi connectivity index (χ0v) is 14.8. The zero-order chi connectivity index (χ0) is 17.4. The van der Waals surface area contributed by atoms with Crippen LogP contribution in [-0.4, -0.2) is 8.42 Å². The molecule has 0 saturated carbocycles. The second-order valence-corrected chi connectivity index (χ2v) is 7.37. The molecule has 2 aromatic carbocycles. The van der Waals surface area contributed by atoms with Gasteiger partial charge >= 0.3 is 0 Å². The molecule has 0 unspecified atom stereocenters. The number of sulfonamides is 1. The average molecular weight is 328 g/mol. The molecule has 0 radical (unpaired) electrons. The zero-order valence-electron chi connectivity index (χ0n) is 14.0. The van der Waals surface area contributed by atoms with Crippen LogP contribution in [0.5, 0.6) is 0 Å². The lowest BCUT2D eigenvalue weighted by molar-refractivity contribution is 0.599. The lowest BCUT2D eigenvalue weighted by Crippen LogP contribution is -2.17. The molecular formula is C18H20N2O2S. The van der Waals surface area contributed by atoms with Crippen molar-refractivity contribution in [2.45, 2.75) is 39.5 Å². The van der Waals surface area contributed by atoms with E-state index in [2.05, 4.69) is 4.72 Å². The molecule has 2 rings (SSSR count). The molecule has 0 aliphatic rings. The molecule has 0 fully saturated rings. The van der Waals surface area contributed by atoms with Crippen molar-refractivity contribution in [2.24, 2.45) is 0 Å². The van der Waals surface area contributed by atoms with Crippen LogP contribution in [0.15, 0.2) is 29.2 Å². The topological polar surface area (TPSA) is 70.0 Å². The highest BCUT2D eigenvalue weighted by Crippen LogP contribution is 2.30. The molecular weight excluding hydrogens is 308 g/mol. The lowest BCUT2D eigenvalue weighted by Gasteiger charge is -2.19. The van der Waals surface area contributed by atoms with Gasteiger partial charge in [0, 0.05) is 5.69 Å². The molecule has 0 heterocycles. The van der Waals surface area contributed by atoms with Crippen molar-refractivity contribution in [2.75, 3.05) is 4.72 Å². The Hall–Kier alpha value is -2.32. The Morgan fingerprint density at radius 1 is 0.826 bits per heavy atom. The van der Waals surface area contributed by atoms with Crippen molar-refractivity contribution in [3.05, 3.63) is 57.6 Å². The van der Waals surface area contributed by atoms with Gasteiger partial charge in [0.25, 0.3) is 10.0 Å². The second kappa shape index (κ2) is 6.05. The Kier molecular flexibility index (Phi) is 4.49. The Balaban J connectivity index is 2.54. The van der Waals surface area contributed by atoms with Crippen LogP contribution in [0, 0.1) is 45.9 Å². The first kappa shape index (κ1) is 17.0. The Bertz CT molecular complexity index is 877. The molecule has 0 aliphatic carbocycles. The summed E-state index contributed by atoms with van der Waals surface area (Å²) < 4.78 is 28.3. The summed E-state index contributed by atoms with van der Waals surface area (Å²) in [5.41, 5.74) is 5.58. The summed E-state index contributed by atoms with van der Waals surface area (Å²) >= 11 is 0. The molecule has 5 heteroatoms. The third-order valence-electron chi connectivity index (χ3n) is 4.47. The quantitative estimate of drug-likeness (QED) is 0.929. The minimum absolute atomic E-state index is 0.336. The monoisotopic (exact) mass is 328 g/mol. The van der Waals surface area contributed by atoms with Crippen LogP contribution in [0.4, 0.5) is 5.69 Å². The van der Waals surface area contributed by atoms with Gasteiger partial charge in [-0.15, -0.1) is 0 Å². The molecule has 1 N–H and O–H groups in total. The highest BCUT2D eigenvalue weighted by atomic mass is 32.2. The standard InChI is InChI=1S/C18H20N2O2S/c1-11-12(2)14(4)18(15(5)13(11)3)23(21,22)20-17-8-6-16(10-19)7-9-17/h6-9,20H,1-5H3. The maximum Gasteiger partial charge on any atom is 0.262 e. The third kappa shape index (κ3) is 3.08. The molecule has 4 nitrogen and oxygen atoms in total. The van der Waals surface area contributed by atoms with E-state index < -0.39 is 10.0 Å². The van der Waals surface area contributed by atoms with E-state index in [0.29, 0.717) is 16.1 Å². The fourth-order valence-electron chi connectivity index (χ4n) is 2.69. The van der Waals surface area contributed by atoms with E-state index >= 15 is 0 Å². The van der Waals surface area contributed by atoms with E-state index in [0.717, 1.165) is 27.8 Å². The van der Waals surface area contributed by atoms with Crippen LogP contribution in [0.3, 0.4) is 0 Å². The van der Waals surface area contributed by atoms with Crippen LogP contribution in [0.1, 0.15) is 33.4 Å². The van der Waals surface area contributed by atoms with E-state index in [1.807, 2.05) is 40.7 Å². The number of anilines is 1. The second-order valence-electron chi connectivity index (χ2n) is 5.75. The normalized spacial score (nSPS) is 11.1. The van der Waals surface area contributed by atoms with Crippen molar-refractivity contribution >= 4 is 15.7 Å². The summed E-state index contributed by atoms with van der Waals surface area (Å²) in [6.07, 6.45) is 0. The van der Waals surface area contributed by atoms with E-state index in [-0.39, 0.29) is 0 Å². The third-order valence-corrected chi connectivity index (χ3v) is 6.12. The molecule has 0 spiro atoms. The van der Waals surface area contributed by atoms with Crippen molar-refractivity contribution in [3.8, 4) is 6.07 Å². The van der Waals surface area contributed by atoms with Gasteiger partial charge in [0.1, 0.15) is 0 Å². The highest BCUT2D eigenvalue weighted by molar-refractivity contribution is 7.92. The Labute approximate surface area is 137 Å². The molecule has 23 heavy (non-hydrogen) atoms. The predicted molar refractivity (Wildman–Crippen MR) is 92.1 cm³/mol. The number of rotatable bonds is 3. The number of nitrogens with zero attached hydrogens (tertiary/aromatic N) is 1. The maximum absolute atomic E-state index is 12.8. The first-order valence-electron chi connectivity index (χ1n) is 7.29. The minimum Gasteiger partial charge on any atom is -0.280 e. The molecule has 0 aromatic heterocycles. The van der Waals surface area contributed by atoms with Crippen molar-refractivity contribution in [1.82, 2.24) is 0 Å². The van der Waals surface area contributed by atoms with Gasteiger partial charge in [-0.25, -0.2) is 8.42 Å². The number of nitriles is 1. The minimum atomic E-state index is -3.69. The molecule has 0 amide bonds. The van der Waals surface area contributed by atoms with E-state index in [1.165, 1.54) is 0 Å². The average Bonchev–Trinajstić information content (AvgIpc) is 2.51. The smallest absolute Gasteiger partial charge is 0.262 e. The Morgan fingerprint density at radius 2 is 1.26 bits per heavy atom. The fourth-order valence-corrected chi connectivity index (χ4v) is 4.35. The first-order valence-corrected chi connectivity index (χ1v) is 8.77. The van der Waals surface area contributed by atoms with Gasteiger partial charge in [0.05, 0.1) is 16.5 Å². The molecule has 2 aromatic rings. The van der Waals surface area contributed by atoms with E-state index in [4.69, 9.17) is 5.26 Å². The number of hydrogen-bond donors (Lipinski definition) is 1. The van der Waals surface area contributed by atoms with Gasteiger partial charge in [-0.2, -0.15) is 5.26 Å². The molecule has 0 aliphatic heterocycles. The number of nitrogens with one attached hydrogen (secondary N) is 1. The van der Waals surface area contributed by atoms with Crippen molar-refractivity contribution < 1.29 is 8.42 Å². The van der Waals surface area contributed by atoms with E-state index in [1.54, 1.807) is 24.3 Å². The summed E-state index contributed by atoms with van der Waals surface area (Å²) in [6, 6.07) is 8.37. The van der Waals surface area contributed by atoms with Crippen LogP contribution in [-0.2, 0) is 10.0 Å². The van der Waals surface area contributed by atoms with Gasteiger partial charge in [0.2, 0.25) is 0 Å². The number of hydrogen-bond acceptors (Lipinski definition) is 3. The van der Waals surface area contributed by atoms with Crippen molar-refractivity contribution in [3.63, 3.8) is 0 Å². The highest BCUT2D eigenvalue weighted by Gasteiger charge is 2.23. The van der Waals surface area contributed by atoms with Gasteiger partial charge < -0.3 is 0 Å². The van der Waals surface area contributed by atoms with Crippen LogP contribution < -0.4 is 4.72 Å². The summed E-state index contributed by atoms with van der Waals surface area (Å²) in [5.74, 6) is 0. The molecule has 0 atom stereocenters. The predicted octanol–water partition coefficient (Wildman–Crippen LogP) is 3.90. The van der Waals surface area contributed by atoms with Gasteiger partial charge in [-0.1, -0.05) is 0 Å². The van der Waals surface area contributed by atoms with Gasteiger partial charge in [0.15, 0.2) is 0 Å². The van der Waals surface area contributed by atoms with Crippen LogP contribution >= 0.6 is 0 Å². The SMILES string of the molecule is Cc1c(C)c(C)c(S(=O)(=O)Nc2ccc(C#N)cc2)c(C)c1C. The van der Waals surface area contributed by atoms with Crippen molar-refractivity contribution in [1.29, 1.82) is 5.26 Å². The molecule has 0 bridgehead atoms. The summed E-state index contributed by atoms with van der Waals surface area (Å²) in [6.45, 7) is 9.56. The summed E-state index contributed by atoms with van der Waals surface area (Å²) in [7, 11) is -3.69. The fraction of sp³-hybridized carbons (Fsp3) is 0.278. The molecule has 0 saturated heterocycles. The largest absolute Gasteiger partial charge is 0.280 e. The summed E-state index contributed by atoms with van der Waals surface area (Å²) in [4.78, 5) is 0.336. The van der Waals surface area contributed by atoms with Crippen LogP contribution in [0.2, 0.25) is 0 Å². The van der Waals surface area contributed by atoms with Gasteiger partial charge in [-0.05, 0) is 86.7 Å². The lowest BCUT2D eigenvalue weighted by atomic mass is 9.95. The summed E-state index contributed by atoms with van der Waals surface area (Å²) in [5, 5.41) is 8.81. The Morgan fingerprint density at radius 3 is 1.70 bits per heavy atom. The van der Waals surface area contributed by atoms with Gasteiger partial charge in [-0.3, -0.25) is 4.72 Å². The van der Waals surface area contributed by atoms with E-state index in [9.17, 15) is 8.42 Å². The van der Waals surface area contributed by atoms with Crippen LogP contribution in [0.25, 0.3) is 0 Å².